The summed E-state index contributed by atoms with van der Waals surface area (Å²) in [6.07, 6.45) is 1.47. The molecule has 0 fully saturated rings. The van der Waals surface area contributed by atoms with Crippen molar-refractivity contribution in [2.24, 2.45) is 0 Å². The first-order valence-electron chi connectivity index (χ1n) is 6.00. The summed E-state index contributed by atoms with van der Waals surface area (Å²) < 4.78 is 28.7. The van der Waals surface area contributed by atoms with Gasteiger partial charge < -0.3 is 15.8 Å². The van der Waals surface area contributed by atoms with E-state index in [1.807, 2.05) is 0 Å². The van der Waals surface area contributed by atoms with E-state index in [2.05, 4.69) is 20.0 Å². The summed E-state index contributed by atoms with van der Waals surface area (Å²) in [5.41, 5.74) is 5.29. The Labute approximate surface area is 123 Å². The van der Waals surface area contributed by atoms with Gasteiger partial charge in [0, 0.05) is 24.0 Å². The van der Waals surface area contributed by atoms with Crippen molar-refractivity contribution in [3.63, 3.8) is 0 Å². The molecule has 0 aliphatic carbocycles. The minimum Gasteiger partial charge on any atom is -0.427 e. The number of nitrogens with zero attached hydrogens (tertiary/aromatic N) is 3. The number of nitro benzene ring substituents is 1. The Hall–Kier alpha value is -3.04. The largest absolute Gasteiger partial charge is 0.427 e. The van der Waals surface area contributed by atoms with Gasteiger partial charge in [0.1, 0.15) is 11.6 Å². The topological polar surface area (TPSA) is 116 Å². The number of nitrogen functional groups attached to an aromatic ring is 1. The highest BCUT2D eigenvalue weighted by atomic mass is 19.3. The normalized spacial score (nSPS) is 10.5. The number of anilines is 2. The minimum absolute atomic E-state index is 0.164. The highest BCUT2D eigenvalue weighted by molar-refractivity contribution is 5.58. The number of nitrogens with two attached hydrogens (primary N) is 1. The fourth-order valence-electron chi connectivity index (χ4n) is 1.65. The van der Waals surface area contributed by atoms with Gasteiger partial charge in [-0.05, 0) is 12.1 Å². The molecule has 3 N–H and O–H groups in total. The maximum absolute atomic E-state index is 12.3. The molecule has 1 heterocycles. The summed E-state index contributed by atoms with van der Waals surface area (Å²) in [5.74, 6) is 0.144. The number of nitro groups is 1. The minimum atomic E-state index is -3.16. The van der Waals surface area contributed by atoms with Gasteiger partial charge in [0.05, 0.1) is 11.5 Å². The van der Waals surface area contributed by atoms with Crippen LogP contribution >= 0.6 is 0 Å². The second kappa shape index (κ2) is 6.61. The van der Waals surface area contributed by atoms with E-state index in [1.54, 1.807) is 0 Å². The van der Waals surface area contributed by atoms with Crippen molar-refractivity contribution in [1.82, 2.24) is 9.97 Å². The number of aromatic nitrogens is 2. The molecule has 116 valence electrons. The lowest BCUT2D eigenvalue weighted by Crippen LogP contribution is -2.07. The molecule has 22 heavy (non-hydrogen) atoms. The van der Waals surface area contributed by atoms with E-state index in [9.17, 15) is 18.9 Å². The van der Waals surface area contributed by atoms with Crippen LogP contribution in [0.2, 0.25) is 0 Å². The molecule has 0 bridgehead atoms. The zero-order valence-electron chi connectivity index (χ0n) is 11.1. The van der Waals surface area contributed by atoms with Gasteiger partial charge >= 0.3 is 12.3 Å². The second-order valence-corrected chi connectivity index (χ2v) is 4.07. The van der Waals surface area contributed by atoms with Crippen LogP contribution < -0.4 is 15.8 Å². The fraction of sp³-hybridized carbons (Fsp3) is 0.167. The smallest absolute Gasteiger partial charge is 0.387 e. The van der Waals surface area contributed by atoms with Crippen LogP contribution in [-0.2, 0) is 6.54 Å². The molecule has 2 rings (SSSR count). The molecular weight excluding hydrogens is 300 g/mol. The van der Waals surface area contributed by atoms with Crippen LogP contribution in [-0.4, -0.2) is 21.5 Å². The molecule has 1 aromatic heterocycles. The molecule has 0 unspecified atom stereocenters. The molecular formula is C12H11F2N5O3. The summed E-state index contributed by atoms with van der Waals surface area (Å²) >= 11 is 0. The highest BCUT2D eigenvalue weighted by Gasteiger charge is 2.19. The number of rotatable bonds is 6. The van der Waals surface area contributed by atoms with Crippen molar-refractivity contribution in [3.8, 4) is 5.75 Å². The van der Waals surface area contributed by atoms with E-state index in [1.165, 1.54) is 18.3 Å². The summed E-state index contributed by atoms with van der Waals surface area (Å²) in [5, 5.41) is 13.6. The van der Waals surface area contributed by atoms with Gasteiger partial charge in [-0.3, -0.25) is 10.1 Å². The van der Waals surface area contributed by atoms with Gasteiger partial charge in [-0.25, -0.2) is 9.97 Å². The maximum atomic E-state index is 12.3. The molecule has 10 heteroatoms. The van der Waals surface area contributed by atoms with Crippen molar-refractivity contribution in [2.75, 3.05) is 11.1 Å². The second-order valence-electron chi connectivity index (χ2n) is 4.07. The molecule has 1 aromatic carbocycles. The van der Waals surface area contributed by atoms with Gasteiger partial charge in [0.25, 0.3) is 0 Å². The van der Waals surface area contributed by atoms with E-state index in [4.69, 9.17) is 5.73 Å². The standard InChI is InChI=1S/C12H11F2N5O3/c13-12(14)22-9-5-7(1-2-8(9)19(20)21)17-6-11-16-4-3-10(15)18-11/h1-5,12,17H,6H2,(H2,15,16,18). The lowest BCUT2D eigenvalue weighted by Gasteiger charge is -2.09. The van der Waals surface area contributed by atoms with Crippen LogP contribution in [0.15, 0.2) is 30.5 Å². The number of hydrogen-bond donors (Lipinski definition) is 2. The number of alkyl halides is 2. The quantitative estimate of drug-likeness (QED) is 0.620. The number of nitrogens with one attached hydrogen (secondary N) is 1. The summed E-state index contributed by atoms with van der Waals surface area (Å²) in [7, 11) is 0. The SMILES string of the molecule is Nc1ccnc(CNc2ccc([N+](=O)[O-])c(OC(F)F)c2)n1. The Kier molecular flexibility index (Phi) is 4.61. The van der Waals surface area contributed by atoms with E-state index < -0.39 is 23.0 Å². The van der Waals surface area contributed by atoms with Crippen LogP contribution in [0.3, 0.4) is 0 Å². The Morgan fingerprint density at radius 3 is 2.82 bits per heavy atom. The molecule has 2 aromatic rings. The molecule has 0 atom stereocenters. The predicted molar refractivity (Wildman–Crippen MR) is 73.5 cm³/mol. The van der Waals surface area contributed by atoms with Crippen LogP contribution in [0.4, 0.5) is 26.0 Å². The molecule has 0 amide bonds. The first-order chi connectivity index (χ1) is 10.5. The highest BCUT2D eigenvalue weighted by Crippen LogP contribution is 2.31. The average molecular weight is 311 g/mol. The van der Waals surface area contributed by atoms with Gasteiger partial charge in [0.15, 0.2) is 0 Å². The molecule has 0 aliphatic heterocycles. The Morgan fingerprint density at radius 2 is 2.18 bits per heavy atom. The summed E-state index contributed by atoms with van der Waals surface area (Å²) in [4.78, 5) is 17.9. The van der Waals surface area contributed by atoms with Crippen LogP contribution in [0.5, 0.6) is 5.75 Å². The van der Waals surface area contributed by atoms with Crippen LogP contribution in [0, 0.1) is 10.1 Å². The predicted octanol–water partition coefficient (Wildman–Crippen LogP) is 2.18. The van der Waals surface area contributed by atoms with Gasteiger partial charge in [-0.2, -0.15) is 8.78 Å². The van der Waals surface area contributed by atoms with Gasteiger partial charge in [-0.15, -0.1) is 0 Å². The molecule has 0 saturated heterocycles. The van der Waals surface area contributed by atoms with Crippen molar-refractivity contribution >= 4 is 17.2 Å². The number of halogens is 2. The third-order valence-corrected chi connectivity index (χ3v) is 2.55. The molecule has 0 spiro atoms. The van der Waals surface area contributed by atoms with Gasteiger partial charge in [-0.1, -0.05) is 0 Å². The third-order valence-electron chi connectivity index (χ3n) is 2.55. The monoisotopic (exact) mass is 311 g/mol. The van der Waals surface area contributed by atoms with Gasteiger partial charge in [0.2, 0.25) is 5.75 Å². The zero-order valence-corrected chi connectivity index (χ0v) is 11.1. The van der Waals surface area contributed by atoms with Crippen molar-refractivity contribution in [1.29, 1.82) is 0 Å². The summed E-state index contributed by atoms with van der Waals surface area (Å²) in [6, 6.07) is 5.06. The maximum Gasteiger partial charge on any atom is 0.387 e. The lowest BCUT2D eigenvalue weighted by atomic mass is 10.2. The molecule has 0 radical (unpaired) electrons. The first-order valence-corrected chi connectivity index (χ1v) is 6.00. The molecule has 8 nitrogen and oxygen atoms in total. The van der Waals surface area contributed by atoms with E-state index >= 15 is 0 Å². The third kappa shape index (κ3) is 3.98. The first kappa shape index (κ1) is 15.4. The fourth-order valence-corrected chi connectivity index (χ4v) is 1.65. The lowest BCUT2D eigenvalue weighted by molar-refractivity contribution is -0.386. The average Bonchev–Trinajstić information content (AvgIpc) is 2.44. The Balaban J connectivity index is 2.16. The Morgan fingerprint density at radius 1 is 1.41 bits per heavy atom. The van der Waals surface area contributed by atoms with E-state index in [0.717, 1.165) is 12.1 Å². The van der Waals surface area contributed by atoms with Crippen molar-refractivity contribution in [2.45, 2.75) is 13.2 Å². The molecule has 0 aliphatic rings. The molecule has 0 saturated carbocycles. The van der Waals surface area contributed by atoms with Crippen LogP contribution in [0.1, 0.15) is 5.82 Å². The van der Waals surface area contributed by atoms with E-state index in [0.29, 0.717) is 11.5 Å². The van der Waals surface area contributed by atoms with Crippen molar-refractivity contribution < 1.29 is 18.4 Å². The van der Waals surface area contributed by atoms with E-state index in [-0.39, 0.29) is 12.4 Å². The summed E-state index contributed by atoms with van der Waals surface area (Å²) in [6.45, 7) is -3.00. The zero-order chi connectivity index (χ0) is 16.1. The van der Waals surface area contributed by atoms with Crippen molar-refractivity contribution in [3.05, 3.63) is 46.4 Å². The number of hydrogen-bond acceptors (Lipinski definition) is 7. The van der Waals surface area contributed by atoms with Crippen LogP contribution in [0.25, 0.3) is 0 Å². The number of ether oxygens (including phenoxy) is 1. The number of benzene rings is 1. The Bertz CT molecular complexity index is 684.